The van der Waals surface area contributed by atoms with Crippen LogP contribution in [-0.2, 0) is 0 Å². The first-order valence-corrected chi connectivity index (χ1v) is 2.71. The second-order valence-electron chi connectivity index (χ2n) is 1.92. The van der Waals surface area contributed by atoms with Gasteiger partial charge in [-0.3, -0.25) is 4.99 Å². The molecule has 0 aliphatic rings. The molecule has 0 fully saturated rings. The van der Waals surface area contributed by atoms with Crippen LogP contribution in [0.15, 0.2) is 9.98 Å². The van der Waals surface area contributed by atoms with Gasteiger partial charge >= 0.3 is 0 Å². The molecule has 0 atom stereocenters. The summed E-state index contributed by atoms with van der Waals surface area (Å²) in [6.45, 7) is 4.15. The maximum atomic E-state index is 3.87. The molecular weight excluding hydrogens is 100 g/mol. The van der Waals surface area contributed by atoms with Crippen molar-refractivity contribution in [1.29, 1.82) is 0 Å². The van der Waals surface area contributed by atoms with Crippen molar-refractivity contribution in [3.63, 3.8) is 0 Å². The molecule has 0 aliphatic carbocycles. The Kier molecular flexibility index (Phi) is 4.13. The van der Waals surface area contributed by atoms with Crippen LogP contribution in [0, 0.1) is 5.92 Å². The lowest BCUT2D eigenvalue weighted by molar-refractivity contribution is 0.909. The Bertz CT molecular complexity index is 92.7. The molecule has 0 bridgehead atoms. The third-order valence-electron chi connectivity index (χ3n) is 0.566. The molecule has 8 heavy (non-hydrogen) atoms. The van der Waals surface area contributed by atoms with Gasteiger partial charge in [0, 0.05) is 13.3 Å². The summed E-state index contributed by atoms with van der Waals surface area (Å²) in [6.07, 6.45) is 3.40. The van der Waals surface area contributed by atoms with E-state index in [0.29, 0.717) is 5.92 Å². The fourth-order valence-corrected chi connectivity index (χ4v) is 0.277. The highest BCUT2D eigenvalue weighted by atomic mass is 14.8. The monoisotopic (exact) mass is 112 g/mol. The first kappa shape index (κ1) is 7.34. The first-order chi connectivity index (χ1) is 3.77. The molecule has 0 heterocycles. The second kappa shape index (κ2) is 4.50. The summed E-state index contributed by atoms with van der Waals surface area (Å²) in [5, 5.41) is 0. The van der Waals surface area contributed by atoms with E-state index in [1.165, 1.54) is 0 Å². The Balaban J connectivity index is 3.34. The first-order valence-electron chi connectivity index (χ1n) is 2.71. The molecule has 0 spiro atoms. The molecule has 0 amide bonds. The third-order valence-corrected chi connectivity index (χ3v) is 0.566. The quantitative estimate of drug-likeness (QED) is 0.381. The van der Waals surface area contributed by atoms with Gasteiger partial charge in [-0.05, 0) is 5.92 Å². The molecule has 0 rings (SSSR count). The molecule has 0 aromatic rings. The Labute approximate surface area is 50.4 Å². The zero-order valence-electron chi connectivity index (χ0n) is 5.63. The van der Waals surface area contributed by atoms with E-state index in [4.69, 9.17) is 0 Å². The van der Waals surface area contributed by atoms with Crippen molar-refractivity contribution in [3.05, 3.63) is 0 Å². The van der Waals surface area contributed by atoms with E-state index in [-0.39, 0.29) is 0 Å². The number of hydrogen-bond donors (Lipinski definition) is 0. The molecule has 0 saturated heterocycles. The Morgan fingerprint density at radius 3 is 2.38 bits per heavy atom. The van der Waals surface area contributed by atoms with Gasteiger partial charge in [-0.1, -0.05) is 13.8 Å². The zero-order chi connectivity index (χ0) is 6.41. The molecule has 0 aromatic carbocycles. The fourth-order valence-electron chi connectivity index (χ4n) is 0.277. The molecule has 0 N–H and O–H groups in total. The molecule has 0 aromatic heterocycles. The van der Waals surface area contributed by atoms with Gasteiger partial charge in [-0.15, -0.1) is 0 Å². The summed E-state index contributed by atoms with van der Waals surface area (Å²) in [6, 6.07) is 0. The average Bonchev–Trinajstić information content (AvgIpc) is 1.66. The van der Waals surface area contributed by atoms with Crippen LogP contribution in [0.1, 0.15) is 13.8 Å². The van der Waals surface area contributed by atoms with E-state index in [9.17, 15) is 0 Å². The topological polar surface area (TPSA) is 24.7 Å². The predicted molar refractivity (Wildman–Crippen MR) is 37.7 cm³/mol. The van der Waals surface area contributed by atoms with Crippen molar-refractivity contribution in [2.45, 2.75) is 13.8 Å². The molecule has 2 heteroatoms. The van der Waals surface area contributed by atoms with Crippen molar-refractivity contribution in [3.8, 4) is 0 Å². The smallest absolute Gasteiger partial charge is 0.109 e. The highest BCUT2D eigenvalue weighted by molar-refractivity contribution is 5.73. The maximum absolute atomic E-state index is 3.87. The summed E-state index contributed by atoms with van der Waals surface area (Å²) in [5.41, 5.74) is 0. The van der Waals surface area contributed by atoms with Crippen molar-refractivity contribution in [2.75, 3.05) is 7.05 Å². The van der Waals surface area contributed by atoms with Crippen LogP contribution in [0.2, 0.25) is 0 Å². The van der Waals surface area contributed by atoms with Crippen LogP contribution in [0.5, 0.6) is 0 Å². The molecular formula is C6H12N2. The SMILES string of the molecule is C/N=C\N=C/C(C)C. The molecule has 0 unspecified atom stereocenters. The second-order valence-corrected chi connectivity index (χ2v) is 1.92. The van der Waals surface area contributed by atoms with Crippen molar-refractivity contribution < 1.29 is 0 Å². The van der Waals surface area contributed by atoms with Crippen LogP contribution >= 0.6 is 0 Å². The minimum absolute atomic E-state index is 0.521. The van der Waals surface area contributed by atoms with Gasteiger partial charge in [-0.25, -0.2) is 4.99 Å². The summed E-state index contributed by atoms with van der Waals surface area (Å²) in [5.74, 6) is 0.521. The number of nitrogens with zero attached hydrogens (tertiary/aromatic N) is 2. The normalized spacial score (nSPS) is 12.5. The van der Waals surface area contributed by atoms with E-state index >= 15 is 0 Å². The highest BCUT2D eigenvalue weighted by Crippen LogP contribution is 1.82. The van der Waals surface area contributed by atoms with Gasteiger partial charge in [0.2, 0.25) is 0 Å². The standard InChI is InChI=1S/C6H12N2/c1-6(2)4-8-5-7-3/h4-6H,1-3H3/b7-5-,8-4-. The van der Waals surface area contributed by atoms with Gasteiger partial charge in [0.15, 0.2) is 0 Å². The molecule has 0 saturated carbocycles. The van der Waals surface area contributed by atoms with E-state index in [1.807, 2.05) is 6.21 Å². The Hall–Kier alpha value is -0.660. The number of hydrogen-bond acceptors (Lipinski definition) is 1. The van der Waals surface area contributed by atoms with Crippen LogP contribution in [0.25, 0.3) is 0 Å². The summed E-state index contributed by atoms with van der Waals surface area (Å²) < 4.78 is 0. The molecule has 2 nitrogen and oxygen atoms in total. The van der Waals surface area contributed by atoms with Crippen LogP contribution in [0.4, 0.5) is 0 Å². The van der Waals surface area contributed by atoms with E-state index < -0.39 is 0 Å². The predicted octanol–water partition coefficient (Wildman–Crippen LogP) is 1.37. The molecule has 46 valence electrons. The van der Waals surface area contributed by atoms with Gasteiger partial charge in [0.25, 0.3) is 0 Å². The fraction of sp³-hybridized carbons (Fsp3) is 0.667. The lowest BCUT2D eigenvalue weighted by Gasteiger charge is -1.86. The summed E-state index contributed by atoms with van der Waals surface area (Å²) in [4.78, 5) is 7.56. The largest absolute Gasteiger partial charge is 0.277 e. The molecule has 0 radical (unpaired) electrons. The third kappa shape index (κ3) is 5.34. The zero-order valence-corrected chi connectivity index (χ0v) is 5.63. The van der Waals surface area contributed by atoms with Crippen molar-refractivity contribution >= 4 is 12.6 Å². The van der Waals surface area contributed by atoms with Crippen molar-refractivity contribution in [1.82, 2.24) is 0 Å². The van der Waals surface area contributed by atoms with E-state index in [1.54, 1.807) is 13.4 Å². The minimum atomic E-state index is 0.521. The van der Waals surface area contributed by atoms with Gasteiger partial charge in [0.05, 0.1) is 0 Å². The summed E-state index contributed by atoms with van der Waals surface area (Å²) in [7, 11) is 1.71. The lowest BCUT2D eigenvalue weighted by Crippen LogP contribution is -1.85. The van der Waals surface area contributed by atoms with E-state index in [0.717, 1.165) is 0 Å². The number of aliphatic imine (C=N–C) groups is 2. The van der Waals surface area contributed by atoms with Crippen molar-refractivity contribution in [2.24, 2.45) is 15.9 Å². The number of rotatable bonds is 2. The minimum Gasteiger partial charge on any atom is -0.277 e. The van der Waals surface area contributed by atoms with E-state index in [2.05, 4.69) is 23.8 Å². The Morgan fingerprint density at radius 2 is 2.00 bits per heavy atom. The Morgan fingerprint density at radius 1 is 1.38 bits per heavy atom. The lowest BCUT2D eigenvalue weighted by atomic mass is 10.3. The maximum Gasteiger partial charge on any atom is 0.109 e. The van der Waals surface area contributed by atoms with Gasteiger partial charge in [-0.2, -0.15) is 0 Å². The van der Waals surface area contributed by atoms with Gasteiger partial charge < -0.3 is 0 Å². The van der Waals surface area contributed by atoms with Gasteiger partial charge in [0.1, 0.15) is 6.34 Å². The van der Waals surface area contributed by atoms with Crippen LogP contribution in [-0.4, -0.2) is 19.6 Å². The van der Waals surface area contributed by atoms with Crippen LogP contribution in [0.3, 0.4) is 0 Å². The summed E-state index contributed by atoms with van der Waals surface area (Å²) >= 11 is 0. The highest BCUT2D eigenvalue weighted by Gasteiger charge is 1.79. The molecule has 0 aliphatic heterocycles. The van der Waals surface area contributed by atoms with Crippen LogP contribution < -0.4 is 0 Å². The average molecular weight is 112 g/mol.